The average Bonchev–Trinajstić information content (AvgIpc) is 2.80. The van der Waals surface area contributed by atoms with E-state index in [1.54, 1.807) is 0 Å². The van der Waals surface area contributed by atoms with Crippen LogP contribution in [-0.2, 0) is 28.6 Å². The first-order valence-electron chi connectivity index (χ1n) is 11.6. The van der Waals surface area contributed by atoms with Crippen molar-refractivity contribution in [2.24, 2.45) is 11.8 Å². The molecule has 1 aliphatic heterocycles. The summed E-state index contributed by atoms with van der Waals surface area (Å²) in [6.45, 7) is 6.47. The van der Waals surface area contributed by atoms with Crippen LogP contribution < -0.4 is 10.2 Å². The third kappa shape index (κ3) is 5.01. The van der Waals surface area contributed by atoms with E-state index in [1.807, 2.05) is 64.0 Å². The maximum Gasteiger partial charge on any atom is 0.336 e. The number of esters is 2. The molecule has 184 valence electrons. The fraction of sp³-hybridized carbons (Fsp3) is 0.500. The second kappa shape index (κ2) is 10.9. The summed E-state index contributed by atoms with van der Waals surface area (Å²) in [7, 11) is 5.17. The molecule has 0 radical (unpaired) electrons. The molecule has 3 atom stereocenters. The third-order valence-corrected chi connectivity index (χ3v) is 6.37. The largest absolute Gasteiger partial charge is 0.468 e. The molecule has 0 bridgehead atoms. The highest BCUT2D eigenvalue weighted by molar-refractivity contribution is 6.12. The van der Waals surface area contributed by atoms with E-state index in [0.717, 1.165) is 16.9 Å². The monoisotopic (exact) mass is 470 g/mol. The van der Waals surface area contributed by atoms with Gasteiger partial charge in [-0.3, -0.25) is 9.59 Å². The number of hydrogen-bond donors (Lipinski definition) is 1. The van der Waals surface area contributed by atoms with Gasteiger partial charge >= 0.3 is 11.9 Å². The molecule has 3 unspecified atom stereocenters. The minimum atomic E-state index is -0.914. The molecule has 1 N–H and O–H groups in total. The van der Waals surface area contributed by atoms with E-state index in [1.165, 1.54) is 7.11 Å². The lowest BCUT2D eigenvalue weighted by Crippen LogP contribution is -2.43. The number of rotatable bonds is 8. The molecule has 2 aliphatic rings. The van der Waals surface area contributed by atoms with Gasteiger partial charge in [0.1, 0.15) is 12.5 Å². The van der Waals surface area contributed by atoms with E-state index in [9.17, 15) is 14.4 Å². The molecule has 0 aromatic heterocycles. The summed E-state index contributed by atoms with van der Waals surface area (Å²) >= 11 is 0. The number of benzene rings is 1. The van der Waals surface area contributed by atoms with Gasteiger partial charge < -0.3 is 24.4 Å². The number of ether oxygens (including phenoxy) is 3. The van der Waals surface area contributed by atoms with Gasteiger partial charge in [-0.1, -0.05) is 19.1 Å². The van der Waals surface area contributed by atoms with Gasteiger partial charge in [0, 0.05) is 49.3 Å². The van der Waals surface area contributed by atoms with Crippen LogP contribution in [0.2, 0.25) is 0 Å². The molecule has 0 saturated carbocycles. The average molecular weight is 471 g/mol. The Hall–Kier alpha value is -3.13. The van der Waals surface area contributed by atoms with Crippen LogP contribution in [0.25, 0.3) is 0 Å². The number of dihydropyridines is 1. The van der Waals surface area contributed by atoms with Crippen molar-refractivity contribution in [1.29, 1.82) is 0 Å². The molecule has 1 heterocycles. The van der Waals surface area contributed by atoms with Crippen molar-refractivity contribution in [2.45, 2.75) is 33.1 Å². The normalized spacial score (nSPS) is 22.2. The topological polar surface area (TPSA) is 94.2 Å². The second-order valence-electron chi connectivity index (χ2n) is 8.85. The Kier molecular flexibility index (Phi) is 8.15. The second-order valence-corrected chi connectivity index (χ2v) is 8.85. The highest BCUT2D eigenvalue weighted by Gasteiger charge is 2.47. The number of methoxy groups -OCH3 is 1. The molecule has 0 amide bonds. The van der Waals surface area contributed by atoms with E-state index in [4.69, 9.17) is 14.2 Å². The van der Waals surface area contributed by atoms with Gasteiger partial charge in [0.15, 0.2) is 5.78 Å². The first kappa shape index (κ1) is 25.5. The van der Waals surface area contributed by atoms with Crippen LogP contribution in [0.1, 0.15) is 38.7 Å². The Morgan fingerprint density at radius 1 is 1.15 bits per heavy atom. The quantitative estimate of drug-likeness (QED) is 0.352. The number of nitrogens with zero attached hydrogens (tertiary/aromatic N) is 1. The van der Waals surface area contributed by atoms with Crippen LogP contribution in [0.3, 0.4) is 0 Å². The summed E-state index contributed by atoms with van der Waals surface area (Å²) in [6, 6.07) is 7.71. The van der Waals surface area contributed by atoms with Crippen LogP contribution in [0.15, 0.2) is 46.8 Å². The molecule has 1 aliphatic carbocycles. The Balaban J connectivity index is 2.08. The molecule has 3 rings (SSSR count). The van der Waals surface area contributed by atoms with Gasteiger partial charge in [-0.15, -0.1) is 0 Å². The van der Waals surface area contributed by atoms with Crippen LogP contribution in [-0.4, -0.2) is 58.7 Å². The predicted molar refractivity (Wildman–Crippen MR) is 128 cm³/mol. The molecule has 0 saturated heterocycles. The summed E-state index contributed by atoms with van der Waals surface area (Å²) in [5.74, 6) is -3.18. The maximum atomic E-state index is 13.7. The summed E-state index contributed by atoms with van der Waals surface area (Å²) < 4.78 is 15.7. The highest BCUT2D eigenvalue weighted by Crippen LogP contribution is 2.45. The van der Waals surface area contributed by atoms with Gasteiger partial charge in [-0.05, 0) is 43.9 Å². The Bertz CT molecular complexity index is 1010. The Morgan fingerprint density at radius 2 is 1.82 bits per heavy atom. The maximum absolute atomic E-state index is 13.7. The van der Waals surface area contributed by atoms with Crippen LogP contribution in [0.4, 0.5) is 5.69 Å². The Labute approximate surface area is 200 Å². The molecule has 8 heteroatoms. The fourth-order valence-corrected chi connectivity index (χ4v) is 4.66. The lowest BCUT2D eigenvalue weighted by Gasteiger charge is -2.38. The van der Waals surface area contributed by atoms with Crippen molar-refractivity contribution in [3.8, 4) is 0 Å². The van der Waals surface area contributed by atoms with E-state index in [0.29, 0.717) is 36.5 Å². The van der Waals surface area contributed by atoms with Gasteiger partial charge in [0.25, 0.3) is 0 Å². The van der Waals surface area contributed by atoms with E-state index in [2.05, 4.69) is 5.32 Å². The fourth-order valence-electron chi connectivity index (χ4n) is 4.66. The molecule has 0 spiro atoms. The number of carbonyl (C=O) groups is 3. The number of ketones is 1. The number of allylic oxidation sites excluding steroid dienone is 3. The molecule has 1 aromatic rings. The summed E-state index contributed by atoms with van der Waals surface area (Å²) in [5.41, 5.74) is 3.93. The SMILES string of the molecule is CCOCCOC(=O)C1=C(C)NC2=C(C(=O)C(C(=O)OC)C(C)C2)C1c1ccc(N(C)C)cc1. The lowest BCUT2D eigenvalue weighted by molar-refractivity contribution is -0.151. The molecule has 8 nitrogen and oxygen atoms in total. The van der Waals surface area contributed by atoms with E-state index >= 15 is 0 Å². The van der Waals surface area contributed by atoms with Crippen LogP contribution in [0, 0.1) is 11.8 Å². The Morgan fingerprint density at radius 3 is 2.41 bits per heavy atom. The molecule has 0 fully saturated rings. The van der Waals surface area contributed by atoms with Crippen LogP contribution >= 0.6 is 0 Å². The smallest absolute Gasteiger partial charge is 0.336 e. The summed E-state index contributed by atoms with van der Waals surface area (Å²) in [5, 5.41) is 3.26. The number of hydrogen-bond acceptors (Lipinski definition) is 8. The number of Topliss-reactive ketones (excluding diaryl/α,β-unsaturated/α-hetero) is 1. The van der Waals surface area contributed by atoms with Crippen molar-refractivity contribution in [3.05, 3.63) is 52.4 Å². The summed E-state index contributed by atoms with van der Waals surface area (Å²) in [4.78, 5) is 41.4. The van der Waals surface area contributed by atoms with Crippen molar-refractivity contribution >= 4 is 23.4 Å². The standard InChI is InChI=1S/C26H34N2O6/c1-7-33-12-13-34-26(31)21-16(3)27-19-14-15(2)20(25(30)32-6)24(29)23(19)22(21)17-8-10-18(11-9-17)28(4)5/h8-11,15,20,22,27H,7,12-14H2,1-6H3. The van der Waals surface area contributed by atoms with Gasteiger partial charge in [-0.25, -0.2) is 4.79 Å². The van der Waals surface area contributed by atoms with Crippen molar-refractivity contribution in [3.63, 3.8) is 0 Å². The van der Waals surface area contributed by atoms with Gasteiger partial charge in [-0.2, -0.15) is 0 Å². The molecule has 34 heavy (non-hydrogen) atoms. The first-order valence-corrected chi connectivity index (χ1v) is 11.6. The molecular formula is C26H34N2O6. The van der Waals surface area contributed by atoms with Gasteiger partial charge in [0.05, 0.1) is 19.3 Å². The summed E-state index contributed by atoms with van der Waals surface area (Å²) in [6.07, 6.45) is 0.497. The molecular weight excluding hydrogens is 436 g/mol. The highest BCUT2D eigenvalue weighted by atomic mass is 16.6. The number of anilines is 1. The predicted octanol–water partition coefficient (Wildman–Crippen LogP) is 2.95. The van der Waals surface area contributed by atoms with E-state index in [-0.39, 0.29) is 18.3 Å². The van der Waals surface area contributed by atoms with Crippen molar-refractivity contribution in [2.75, 3.05) is 45.9 Å². The minimum absolute atomic E-state index is 0.109. The van der Waals surface area contributed by atoms with Gasteiger partial charge in [0.2, 0.25) is 0 Å². The van der Waals surface area contributed by atoms with Crippen LogP contribution in [0.5, 0.6) is 0 Å². The van der Waals surface area contributed by atoms with Crippen molar-refractivity contribution in [1.82, 2.24) is 5.32 Å². The number of nitrogens with one attached hydrogen (secondary N) is 1. The third-order valence-electron chi connectivity index (χ3n) is 6.37. The minimum Gasteiger partial charge on any atom is -0.468 e. The molecule has 1 aromatic carbocycles. The zero-order valence-electron chi connectivity index (χ0n) is 20.8. The number of carbonyl (C=O) groups excluding carboxylic acids is 3. The zero-order chi connectivity index (χ0) is 25.0. The lowest BCUT2D eigenvalue weighted by atomic mass is 9.69. The first-order chi connectivity index (χ1) is 16.2. The zero-order valence-corrected chi connectivity index (χ0v) is 20.8. The van der Waals surface area contributed by atoms with E-state index < -0.39 is 23.8 Å². The van der Waals surface area contributed by atoms with Crippen molar-refractivity contribution < 1.29 is 28.6 Å².